The lowest BCUT2D eigenvalue weighted by Gasteiger charge is -2.12. The van der Waals surface area contributed by atoms with Crippen molar-refractivity contribution in [1.29, 1.82) is 5.26 Å². The van der Waals surface area contributed by atoms with Gasteiger partial charge in [0.1, 0.15) is 11.8 Å². The van der Waals surface area contributed by atoms with Gasteiger partial charge in [-0.05, 0) is 25.1 Å². The number of hydrogen-bond donors (Lipinski definition) is 2. The molecule has 0 aliphatic rings. The number of nitrogens with zero attached hydrogens (tertiary/aromatic N) is 2. The van der Waals surface area contributed by atoms with Crippen LogP contribution in [0.25, 0.3) is 0 Å². The molecule has 0 atom stereocenters. The third kappa shape index (κ3) is 2.93. The summed E-state index contributed by atoms with van der Waals surface area (Å²) in [5, 5.41) is 11.9. The first-order valence-electron chi connectivity index (χ1n) is 5.89. The van der Waals surface area contributed by atoms with Crippen LogP contribution in [0.2, 0.25) is 0 Å². The summed E-state index contributed by atoms with van der Waals surface area (Å²) in [7, 11) is 0. The van der Waals surface area contributed by atoms with Crippen LogP contribution < -0.4 is 15.8 Å². The number of ether oxygens (including phenoxy) is 1. The van der Waals surface area contributed by atoms with Gasteiger partial charge in [-0.3, -0.25) is 0 Å². The van der Waals surface area contributed by atoms with Crippen LogP contribution in [0, 0.1) is 11.3 Å². The number of anilines is 3. The molecule has 0 amide bonds. The molecule has 0 spiro atoms. The second-order valence-electron chi connectivity index (χ2n) is 3.83. The van der Waals surface area contributed by atoms with Crippen molar-refractivity contribution in [1.82, 2.24) is 4.98 Å². The first-order valence-corrected chi connectivity index (χ1v) is 5.89. The molecule has 96 valence electrons. The predicted octanol–water partition coefficient (Wildman–Crippen LogP) is 2.68. The van der Waals surface area contributed by atoms with Crippen molar-refractivity contribution in [2.24, 2.45) is 0 Å². The minimum absolute atomic E-state index is 0.422. The summed E-state index contributed by atoms with van der Waals surface area (Å²) >= 11 is 0. The van der Waals surface area contributed by atoms with E-state index in [9.17, 15) is 0 Å². The fourth-order valence-corrected chi connectivity index (χ4v) is 1.63. The van der Waals surface area contributed by atoms with Gasteiger partial charge >= 0.3 is 0 Å². The van der Waals surface area contributed by atoms with Crippen LogP contribution in [0.5, 0.6) is 5.75 Å². The fraction of sp³-hybridized carbons (Fsp3) is 0.143. The topological polar surface area (TPSA) is 84.0 Å². The van der Waals surface area contributed by atoms with E-state index >= 15 is 0 Å². The van der Waals surface area contributed by atoms with Crippen LogP contribution >= 0.6 is 0 Å². The maximum atomic E-state index is 8.77. The van der Waals surface area contributed by atoms with Gasteiger partial charge in [0.2, 0.25) is 0 Å². The fourth-order valence-electron chi connectivity index (χ4n) is 1.63. The molecule has 1 heterocycles. The van der Waals surface area contributed by atoms with E-state index in [-0.39, 0.29) is 0 Å². The van der Waals surface area contributed by atoms with E-state index in [1.165, 1.54) is 6.20 Å². The molecule has 2 rings (SSSR count). The number of nitriles is 1. The predicted molar refractivity (Wildman–Crippen MR) is 74.3 cm³/mol. The van der Waals surface area contributed by atoms with Crippen LogP contribution in [0.3, 0.4) is 0 Å². The molecule has 5 nitrogen and oxygen atoms in total. The molecule has 19 heavy (non-hydrogen) atoms. The van der Waals surface area contributed by atoms with Crippen molar-refractivity contribution in [2.45, 2.75) is 6.92 Å². The molecule has 3 N–H and O–H groups in total. The van der Waals surface area contributed by atoms with Crippen molar-refractivity contribution in [3.63, 3.8) is 0 Å². The molecule has 0 aliphatic heterocycles. The Morgan fingerprint density at radius 2 is 2.21 bits per heavy atom. The summed E-state index contributed by atoms with van der Waals surface area (Å²) in [6.45, 7) is 2.50. The molecular weight excluding hydrogens is 240 g/mol. The van der Waals surface area contributed by atoms with E-state index in [4.69, 9.17) is 15.7 Å². The van der Waals surface area contributed by atoms with E-state index < -0.39 is 0 Å². The molecule has 0 fully saturated rings. The minimum atomic E-state index is 0.422. The molecule has 0 saturated heterocycles. The highest BCUT2D eigenvalue weighted by molar-refractivity contribution is 5.72. The SMILES string of the molecule is CCOc1ccccc1Nc1ncc(C#N)cc1N. The second-order valence-corrected chi connectivity index (χ2v) is 3.83. The van der Waals surface area contributed by atoms with Gasteiger partial charge in [-0.1, -0.05) is 12.1 Å². The van der Waals surface area contributed by atoms with Crippen LogP contribution in [-0.2, 0) is 0 Å². The van der Waals surface area contributed by atoms with Gasteiger partial charge in [0.05, 0.1) is 23.5 Å². The van der Waals surface area contributed by atoms with Gasteiger partial charge < -0.3 is 15.8 Å². The summed E-state index contributed by atoms with van der Waals surface area (Å²) in [6, 6.07) is 11.1. The lowest BCUT2D eigenvalue weighted by molar-refractivity contribution is 0.342. The van der Waals surface area contributed by atoms with Gasteiger partial charge in [-0.25, -0.2) is 4.98 Å². The Morgan fingerprint density at radius 1 is 1.42 bits per heavy atom. The maximum absolute atomic E-state index is 8.77. The smallest absolute Gasteiger partial charge is 0.153 e. The lowest BCUT2D eigenvalue weighted by atomic mass is 10.2. The Morgan fingerprint density at radius 3 is 2.89 bits per heavy atom. The standard InChI is InChI=1S/C14H14N4O/c1-2-19-13-6-4-3-5-12(13)18-14-11(16)7-10(8-15)9-17-14/h3-7,9H,2,16H2,1H3,(H,17,18). The number of nitrogens with one attached hydrogen (secondary N) is 1. The number of nitrogens with two attached hydrogens (primary N) is 1. The summed E-state index contributed by atoms with van der Waals surface area (Å²) in [5.74, 6) is 1.24. The zero-order chi connectivity index (χ0) is 13.7. The first kappa shape index (κ1) is 12.7. The van der Waals surface area contributed by atoms with Gasteiger partial charge in [-0.2, -0.15) is 5.26 Å². The Hall–Kier alpha value is -2.74. The molecule has 1 aromatic carbocycles. The van der Waals surface area contributed by atoms with Crippen molar-refractivity contribution < 1.29 is 4.74 Å². The monoisotopic (exact) mass is 254 g/mol. The number of benzene rings is 1. The molecule has 2 aromatic rings. The largest absolute Gasteiger partial charge is 0.492 e. The summed E-state index contributed by atoms with van der Waals surface area (Å²) in [5.41, 5.74) is 7.49. The molecule has 0 radical (unpaired) electrons. The Bertz CT molecular complexity index is 619. The Labute approximate surface area is 111 Å². The van der Waals surface area contributed by atoms with Gasteiger partial charge in [0.25, 0.3) is 0 Å². The van der Waals surface area contributed by atoms with Gasteiger partial charge in [0, 0.05) is 6.20 Å². The summed E-state index contributed by atoms with van der Waals surface area (Å²) in [4.78, 5) is 4.13. The number of para-hydroxylation sites is 2. The quantitative estimate of drug-likeness (QED) is 0.876. The highest BCUT2D eigenvalue weighted by Gasteiger charge is 2.06. The van der Waals surface area contributed by atoms with Crippen molar-refractivity contribution in [2.75, 3.05) is 17.7 Å². The third-order valence-electron chi connectivity index (χ3n) is 2.49. The molecule has 0 saturated carbocycles. The highest BCUT2D eigenvalue weighted by Crippen LogP contribution is 2.28. The first-order chi connectivity index (χ1) is 9.24. The molecular formula is C14H14N4O. The maximum Gasteiger partial charge on any atom is 0.153 e. The van der Waals surface area contributed by atoms with Crippen molar-refractivity contribution in [3.05, 3.63) is 42.1 Å². The van der Waals surface area contributed by atoms with Crippen LogP contribution in [0.15, 0.2) is 36.5 Å². The van der Waals surface area contributed by atoms with Crippen LogP contribution in [0.1, 0.15) is 12.5 Å². The number of nitrogen functional groups attached to an aromatic ring is 1. The number of rotatable bonds is 4. The normalized spacial score (nSPS) is 9.68. The zero-order valence-corrected chi connectivity index (χ0v) is 10.6. The summed E-state index contributed by atoms with van der Waals surface area (Å²) < 4.78 is 5.51. The van der Waals surface area contributed by atoms with Gasteiger partial charge in [-0.15, -0.1) is 0 Å². The molecule has 0 aliphatic carbocycles. The molecule has 1 aromatic heterocycles. The number of pyridine rings is 1. The third-order valence-corrected chi connectivity index (χ3v) is 2.49. The van der Waals surface area contributed by atoms with E-state index in [1.54, 1.807) is 6.07 Å². The average Bonchev–Trinajstić information content (AvgIpc) is 2.43. The van der Waals surface area contributed by atoms with E-state index in [0.717, 1.165) is 11.4 Å². The second kappa shape index (κ2) is 5.74. The van der Waals surface area contributed by atoms with Crippen LogP contribution in [0.4, 0.5) is 17.2 Å². The van der Waals surface area contributed by atoms with Crippen LogP contribution in [-0.4, -0.2) is 11.6 Å². The lowest BCUT2D eigenvalue weighted by Crippen LogP contribution is -2.02. The Kier molecular flexibility index (Phi) is 3.84. The number of hydrogen-bond acceptors (Lipinski definition) is 5. The average molecular weight is 254 g/mol. The molecule has 5 heteroatoms. The minimum Gasteiger partial charge on any atom is -0.492 e. The molecule has 0 bridgehead atoms. The molecule has 0 unspecified atom stereocenters. The number of aromatic nitrogens is 1. The van der Waals surface area contributed by atoms with E-state index in [0.29, 0.717) is 23.7 Å². The van der Waals surface area contributed by atoms with E-state index in [2.05, 4.69) is 10.3 Å². The van der Waals surface area contributed by atoms with Crippen molar-refractivity contribution in [3.8, 4) is 11.8 Å². The Balaban J connectivity index is 2.29. The van der Waals surface area contributed by atoms with Crippen molar-refractivity contribution >= 4 is 17.2 Å². The zero-order valence-electron chi connectivity index (χ0n) is 10.6. The van der Waals surface area contributed by atoms with Gasteiger partial charge in [0.15, 0.2) is 5.82 Å². The van der Waals surface area contributed by atoms with E-state index in [1.807, 2.05) is 37.3 Å². The summed E-state index contributed by atoms with van der Waals surface area (Å²) in [6.07, 6.45) is 1.47. The highest BCUT2D eigenvalue weighted by atomic mass is 16.5.